The molecule has 0 bridgehead atoms. The third-order valence-corrected chi connectivity index (χ3v) is 16.7. The average molecular weight is 1030 g/mol. The highest BCUT2D eigenvalue weighted by atomic mass is 15.0. The molecule has 0 atom stereocenters. The molecule has 14 aromatic rings. The van der Waals surface area contributed by atoms with E-state index in [9.17, 15) is 0 Å². The number of hydrogen-bond donors (Lipinski definition) is 0. The van der Waals surface area contributed by atoms with Crippen LogP contribution < -0.4 is 0 Å². The van der Waals surface area contributed by atoms with Crippen LogP contribution >= 0.6 is 0 Å². The van der Waals surface area contributed by atoms with Crippen molar-refractivity contribution in [1.82, 2.24) is 19.5 Å². The van der Waals surface area contributed by atoms with E-state index >= 15 is 0 Å². The normalized spacial score (nSPS) is 12.1. The third-order valence-electron chi connectivity index (χ3n) is 16.7. The van der Waals surface area contributed by atoms with Gasteiger partial charge in [0.2, 0.25) is 0 Å². The maximum atomic E-state index is 5.56. The second-order valence-corrected chi connectivity index (χ2v) is 21.4. The lowest BCUT2D eigenvalue weighted by Gasteiger charge is -2.21. The third kappa shape index (κ3) is 7.94. The smallest absolute Gasteiger partial charge is 0.164 e. The van der Waals surface area contributed by atoms with Crippen molar-refractivity contribution < 1.29 is 0 Å². The quantitative estimate of drug-likeness (QED) is 0.145. The zero-order valence-electron chi connectivity index (χ0n) is 44.3. The van der Waals surface area contributed by atoms with Crippen LogP contribution in [0.15, 0.2) is 279 Å². The van der Waals surface area contributed by atoms with Crippen LogP contribution in [-0.2, 0) is 12.8 Å². The van der Waals surface area contributed by atoms with E-state index in [1.807, 2.05) is 0 Å². The van der Waals surface area contributed by atoms with Gasteiger partial charge in [-0.25, -0.2) is 15.0 Å². The van der Waals surface area contributed by atoms with E-state index in [1.54, 1.807) is 0 Å². The molecule has 0 N–H and O–H groups in total. The fourth-order valence-electron chi connectivity index (χ4n) is 13.0. The van der Waals surface area contributed by atoms with Gasteiger partial charge in [0.15, 0.2) is 17.5 Å². The van der Waals surface area contributed by atoms with Crippen molar-refractivity contribution in [3.63, 3.8) is 0 Å². The van der Waals surface area contributed by atoms with Crippen molar-refractivity contribution in [2.45, 2.75) is 12.8 Å². The molecule has 0 unspecified atom stereocenters. The van der Waals surface area contributed by atoms with E-state index in [1.165, 1.54) is 60.8 Å². The molecule has 12 aromatic carbocycles. The fraction of sp³-hybridized carbons (Fsp3) is 0.0260. The Morgan fingerprint density at radius 1 is 0.259 bits per heavy atom. The first-order chi connectivity index (χ1) is 40.1. The van der Waals surface area contributed by atoms with E-state index in [2.05, 4.69) is 284 Å². The summed E-state index contributed by atoms with van der Waals surface area (Å²) in [6, 6.07) is 101. The fourth-order valence-corrected chi connectivity index (χ4v) is 13.0. The van der Waals surface area contributed by atoms with Crippen molar-refractivity contribution >= 4 is 21.8 Å². The molecule has 16 rings (SSSR count). The predicted octanol–water partition coefficient (Wildman–Crippen LogP) is 19.4. The van der Waals surface area contributed by atoms with Gasteiger partial charge in [0.25, 0.3) is 0 Å². The lowest BCUT2D eigenvalue weighted by atomic mass is 9.92. The number of rotatable bonds is 9. The summed E-state index contributed by atoms with van der Waals surface area (Å²) in [7, 11) is 0. The van der Waals surface area contributed by atoms with Crippen LogP contribution in [0.2, 0.25) is 0 Å². The van der Waals surface area contributed by atoms with E-state index in [4.69, 9.17) is 15.0 Å². The first-order valence-corrected chi connectivity index (χ1v) is 27.9. The molecule has 0 aliphatic heterocycles. The molecule has 4 nitrogen and oxygen atoms in total. The highest BCUT2D eigenvalue weighted by molar-refractivity contribution is 6.15. The molecule has 2 aromatic heterocycles. The van der Waals surface area contributed by atoms with Gasteiger partial charge in [0.1, 0.15) is 0 Å². The van der Waals surface area contributed by atoms with Gasteiger partial charge in [0, 0.05) is 38.6 Å². The maximum Gasteiger partial charge on any atom is 0.164 e. The largest absolute Gasteiger partial charge is 0.308 e. The first kappa shape index (κ1) is 46.5. The zero-order valence-corrected chi connectivity index (χ0v) is 44.3. The van der Waals surface area contributed by atoms with Crippen molar-refractivity contribution in [3.8, 4) is 118 Å². The van der Waals surface area contributed by atoms with Crippen molar-refractivity contribution in [1.29, 1.82) is 0 Å². The second-order valence-electron chi connectivity index (χ2n) is 21.4. The molecule has 2 aliphatic carbocycles. The number of nitrogens with zero attached hydrogens (tertiary/aromatic N) is 4. The van der Waals surface area contributed by atoms with Gasteiger partial charge in [-0.05, 0) is 144 Å². The Labute approximate surface area is 470 Å². The molecule has 378 valence electrons. The minimum Gasteiger partial charge on any atom is -0.308 e. The summed E-state index contributed by atoms with van der Waals surface area (Å²) in [6.45, 7) is 0. The van der Waals surface area contributed by atoms with Gasteiger partial charge in [-0.3, -0.25) is 0 Å². The summed E-state index contributed by atoms with van der Waals surface area (Å²) in [5, 5.41) is 2.55. The van der Waals surface area contributed by atoms with Crippen LogP contribution in [0.1, 0.15) is 22.3 Å². The molecule has 4 heteroatoms. The summed E-state index contributed by atoms with van der Waals surface area (Å²) in [6.07, 6.45) is 1.86. The summed E-state index contributed by atoms with van der Waals surface area (Å²) < 4.78 is 2.54. The number of benzene rings is 12. The van der Waals surface area contributed by atoms with Crippen LogP contribution in [0.4, 0.5) is 0 Å². The molecule has 0 saturated carbocycles. The first-order valence-electron chi connectivity index (χ1n) is 27.9. The van der Waals surface area contributed by atoms with E-state index in [-0.39, 0.29) is 0 Å². The lowest BCUT2D eigenvalue weighted by Crippen LogP contribution is -2.04. The van der Waals surface area contributed by atoms with Crippen LogP contribution in [0, 0.1) is 0 Å². The van der Waals surface area contributed by atoms with Crippen molar-refractivity contribution in [2.24, 2.45) is 0 Å². The zero-order chi connectivity index (χ0) is 53.4. The highest BCUT2D eigenvalue weighted by Crippen LogP contribution is 2.52. The van der Waals surface area contributed by atoms with Crippen molar-refractivity contribution in [3.05, 3.63) is 301 Å². The standard InChI is InChI=1S/C77H50N4/c1-6-20-49(21-7-1)52-34-36-55(37-35-52)75-78-76(60-44-58(50-22-8-2-9-23-50)43-59(45-60)51-24-10-3-11-25-51)80-77(79-75)61-46-66(53-26-12-4-13-27-53)74(67(47-61)54-28-14-5-15-29-54)81-70-33-19-18-32-65(70)73-69-48-68-63(64(69)40-41-71(73)81)39-38-57-42-56-30-16-17-31-62(56)72(57)68/h1-41,43-47H,42,48H2. The average Bonchev–Trinajstić information content (AvgIpc) is 3.00. The molecule has 2 aliphatic rings. The molecular formula is C77H50N4. The molecule has 0 fully saturated rings. The molecule has 0 radical (unpaired) electrons. The summed E-state index contributed by atoms with van der Waals surface area (Å²) >= 11 is 0. The van der Waals surface area contributed by atoms with Crippen molar-refractivity contribution in [2.75, 3.05) is 0 Å². The van der Waals surface area contributed by atoms with Gasteiger partial charge in [-0.2, -0.15) is 0 Å². The Morgan fingerprint density at radius 3 is 1.31 bits per heavy atom. The Morgan fingerprint density at radius 2 is 0.704 bits per heavy atom. The Kier molecular flexibility index (Phi) is 11.0. The maximum absolute atomic E-state index is 5.56. The number of aromatic nitrogens is 4. The molecule has 0 spiro atoms. The highest BCUT2D eigenvalue weighted by Gasteiger charge is 2.32. The van der Waals surface area contributed by atoms with Crippen LogP contribution in [-0.4, -0.2) is 19.5 Å². The Bertz CT molecular complexity index is 4640. The van der Waals surface area contributed by atoms with Crippen LogP contribution in [0.3, 0.4) is 0 Å². The summed E-state index contributed by atoms with van der Waals surface area (Å²) in [4.78, 5) is 16.5. The van der Waals surface area contributed by atoms with Gasteiger partial charge in [-0.15, -0.1) is 0 Å². The SMILES string of the molecule is c1ccc(-c2ccc(-c3nc(-c4cc(-c5ccccc5)cc(-c5ccccc5)c4)nc(-c4cc(-c5ccccc5)c(-n5c6ccccc6c6c7c(ccc65)-c5ccc6c(c5C7)-c5ccccc5C6)c(-c5ccccc5)c4)n3)cc2)cc1. The molecular weight excluding hydrogens is 981 g/mol. The van der Waals surface area contributed by atoms with Gasteiger partial charge in [0.05, 0.1) is 16.7 Å². The second kappa shape index (κ2) is 19.1. The minimum absolute atomic E-state index is 0.585. The van der Waals surface area contributed by atoms with Gasteiger partial charge >= 0.3 is 0 Å². The van der Waals surface area contributed by atoms with Crippen LogP contribution in [0.5, 0.6) is 0 Å². The van der Waals surface area contributed by atoms with E-state index in [0.717, 1.165) is 96.4 Å². The molecule has 2 heterocycles. The lowest BCUT2D eigenvalue weighted by molar-refractivity contribution is 1.07. The van der Waals surface area contributed by atoms with Crippen LogP contribution in [0.25, 0.3) is 140 Å². The van der Waals surface area contributed by atoms with E-state index < -0.39 is 0 Å². The number of hydrogen-bond acceptors (Lipinski definition) is 3. The Hall–Kier alpha value is -10.6. The molecule has 0 amide bonds. The number of fused-ring (bicyclic) bond motifs is 11. The topological polar surface area (TPSA) is 43.6 Å². The monoisotopic (exact) mass is 1030 g/mol. The van der Waals surface area contributed by atoms with Gasteiger partial charge < -0.3 is 4.57 Å². The minimum atomic E-state index is 0.585. The number of para-hydroxylation sites is 1. The summed E-state index contributed by atoms with van der Waals surface area (Å²) in [5.74, 6) is 1.77. The Balaban J connectivity index is 0.942. The predicted molar refractivity (Wildman–Crippen MR) is 334 cm³/mol. The van der Waals surface area contributed by atoms with Gasteiger partial charge in [-0.1, -0.05) is 237 Å². The molecule has 0 saturated heterocycles. The van der Waals surface area contributed by atoms with E-state index in [0.29, 0.717) is 17.5 Å². The molecule has 81 heavy (non-hydrogen) atoms. The summed E-state index contributed by atoms with van der Waals surface area (Å²) in [5.41, 5.74) is 28.3.